The molecule has 9 heteroatoms. The molecule has 156 valence electrons. The third kappa shape index (κ3) is 4.95. The summed E-state index contributed by atoms with van der Waals surface area (Å²) in [6.45, 7) is 2.74. The summed E-state index contributed by atoms with van der Waals surface area (Å²) in [4.78, 5) is 26.4. The highest BCUT2D eigenvalue weighted by Gasteiger charge is 2.30. The van der Waals surface area contributed by atoms with E-state index in [0.717, 1.165) is 0 Å². The third-order valence-corrected chi connectivity index (χ3v) is 5.08. The fourth-order valence-corrected chi connectivity index (χ4v) is 3.56. The number of hydrogen-bond donors (Lipinski definition) is 1. The number of rotatable bonds is 6. The molecule has 3 rings (SSSR count). The number of ether oxygens (including phenoxy) is 2. The Morgan fingerprint density at radius 1 is 1.38 bits per heavy atom. The molecular formula is C20H21ClFNO6. The van der Waals surface area contributed by atoms with Crippen LogP contribution in [0.4, 0.5) is 4.39 Å². The smallest absolute Gasteiger partial charge is 0.306 e. The van der Waals surface area contributed by atoms with Gasteiger partial charge in [0.2, 0.25) is 11.2 Å². The van der Waals surface area contributed by atoms with Gasteiger partial charge >= 0.3 is 5.97 Å². The van der Waals surface area contributed by atoms with Gasteiger partial charge in [-0.15, -0.1) is 0 Å². The number of halogens is 2. The Labute approximate surface area is 171 Å². The predicted molar refractivity (Wildman–Crippen MR) is 103 cm³/mol. The van der Waals surface area contributed by atoms with Gasteiger partial charge in [-0.2, -0.15) is 0 Å². The van der Waals surface area contributed by atoms with Crippen LogP contribution in [0.5, 0.6) is 5.75 Å². The van der Waals surface area contributed by atoms with E-state index in [9.17, 15) is 19.1 Å². The second kappa shape index (κ2) is 9.39. The molecule has 0 saturated carbocycles. The van der Waals surface area contributed by atoms with Crippen molar-refractivity contribution in [1.29, 1.82) is 0 Å². The first-order valence-electron chi connectivity index (χ1n) is 9.07. The van der Waals surface area contributed by atoms with E-state index in [1.165, 1.54) is 31.4 Å². The maximum atomic E-state index is 14.6. The van der Waals surface area contributed by atoms with Gasteiger partial charge in [-0.3, -0.25) is 14.5 Å². The molecule has 0 radical (unpaired) electrons. The van der Waals surface area contributed by atoms with Crippen LogP contribution in [0.15, 0.2) is 33.5 Å². The number of nitrogens with zero attached hydrogens (tertiary/aromatic N) is 1. The van der Waals surface area contributed by atoms with Gasteiger partial charge in [0, 0.05) is 29.7 Å². The summed E-state index contributed by atoms with van der Waals surface area (Å²) in [5.41, 5.74) is -0.738. The summed E-state index contributed by atoms with van der Waals surface area (Å²) in [6.07, 6.45) is -0.366. The molecule has 0 aliphatic carbocycles. The minimum atomic E-state index is -1.13. The first-order valence-corrected chi connectivity index (χ1v) is 9.45. The average Bonchev–Trinajstić information content (AvgIpc) is 2.70. The highest BCUT2D eigenvalue weighted by molar-refractivity contribution is 6.31. The zero-order valence-corrected chi connectivity index (χ0v) is 16.6. The molecule has 0 spiro atoms. The van der Waals surface area contributed by atoms with Crippen molar-refractivity contribution >= 4 is 17.6 Å². The number of esters is 1. The van der Waals surface area contributed by atoms with Crippen LogP contribution in [0.3, 0.4) is 0 Å². The number of morpholine rings is 1. The van der Waals surface area contributed by atoms with E-state index in [1.807, 2.05) is 4.90 Å². The molecule has 1 fully saturated rings. The van der Waals surface area contributed by atoms with E-state index in [-0.39, 0.29) is 28.5 Å². The summed E-state index contributed by atoms with van der Waals surface area (Å²) in [5.74, 6) is -3.12. The number of hydrogen-bond acceptors (Lipinski definition) is 7. The van der Waals surface area contributed by atoms with E-state index in [0.29, 0.717) is 32.8 Å². The van der Waals surface area contributed by atoms with Crippen molar-refractivity contribution in [2.24, 2.45) is 0 Å². The zero-order chi connectivity index (χ0) is 21.0. The molecule has 7 nitrogen and oxygen atoms in total. The van der Waals surface area contributed by atoms with Crippen molar-refractivity contribution in [3.8, 4) is 5.75 Å². The van der Waals surface area contributed by atoms with Gasteiger partial charge in [0.25, 0.3) is 0 Å². The lowest BCUT2D eigenvalue weighted by molar-refractivity contribution is -0.140. The van der Waals surface area contributed by atoms with Crippen molar-refractivity contribution in [1.82, 2.24) is 4.90 Å². The second-order valence-electron chi connectivity index (χ2n) is 6.65. The fraction of sp³-hybridized carbons (Fsp3) is 0.400. The summed E-state index contributed by atoms with van der Waals surface area (Å²) >= 11 is 6.17. The monoisotopic (exact) mass is 425 g/mol. The molecule has 0 unspecified atom stereocenters. The standard InChI is InChI=1S/C20H21ClFNO6/c1-27-17(25)10-13(18-14(21)3-2-4-15(18)22)20-19(26)16(24)9-12(29-20)11-23-5-7-28-8-6-23/h2-4,9,13,26H,5-8,10-11H2,1H3/t13-/m0/s1. The molecule has 1 aliphatic rings. The normalized spacial score (nSPS) is 15.8. The molecule has 0 bridgehead atoms. The number of benzene rings is 1. The highest BCUT2D eigenvalue weighted by atomic mass is 35.5. The molecule has 1 aliphatic heterocycles. The molecule has 1 aromatic heterocycles. The Balaban J connectivity index is 2.06. The van der Waals surface area contributed by atoms with Crippen molar-refractivity contribution < 1.29 is 28.2 Å². The van der Waals surface area contributed by atoms with Crippen LogP contribution in [0, 0.1) is 5.82 Å². The van der Waals surface area contributed by atoms with Crippen molar-refractivity contribution in [2.75, 3.05) is 33.4 Å². The first-order chi connectivity index (χ1) is 13.9. The van der Waals surface area contributed by atoms with Gasteiger partial charge in [-0.05, 0) is 12.1 Å². The van der Waals surface area contributed by atoms with Crippen LogP contribution < -0.4 is 5.43 Å². The Morgan fingerprint density at radius 2 is 2.10 bits per heavy atom. The minimum absolute atomic E-state index is 0.0412. The predicted octanol–water partition coefficient (Wildman–Crippen LogP) is 2.67. The van der Waals surface area contributed by atoms with Crippen LogP contribution in [-0.4, -0.2) is 49.4 Å². The maximum absolute atomic E-state index is 14.6. The summed E-state index contributed by atoms with van der Waals surface area (Å²) < 4.78 is 30.4. The molecule has 1 aromatic carbocycles. The Hall–Kier alpha value is -2.42. The van der Waals surface area contributed by atoms with Gasteiger partial charge < -0.3 is 19.0 Å². The van der Waals surface area contributed by atoms with E-state index < -0.39 is 28.9 Å². The van der Waals surface area contributed by atoms with Gasteiger partial charge in [-0.1, -0.05) is 17.7 Å². The summed E-state index contributed by atoms with van der Waals surface area (Å²) in [7, 11) is 1.19. The van der Waals surface area contributed by atoms with Gasteiger partial charge in [0.15, 0.2) is 5.76 Å². The molecule has 0 amide bonds. The lowest BCUT2D eigenvalue weighted by Crippen LogP contribution is -2.35. The van der Waals surface area contributed by atoms with Crippen LogP contribution >= 0.6 is 11.6 Å². The highest BCUT2D eigenvalue weighted by Crippen LogP contribution is 2.38. The Bertz CT molecular complexity index is 921. The van der Waals surface area contributed by atoms with E-state index in [2.05, 4.69) is 0 Å². The molecule has 2 aromatic rings. The number of carbonyl (C=O) groups is 1. The third-order valence-electron chi connectivity index (χ3n) is 4.75. The number of carbonyl (C=O) groups excluding carboxylic acids is 1. The molecule has 1 N–H and O–H groups in total. The van der Waals surface area contributed by atoms with Crippen molar-refractivity contribution in [3.05, 3.63) is 62.4 Å². The minimum Gasteiger partial charge on any atom is -0.502 e. The molecular weight excluding hydrogens is 405 g/mol. The van der Waals surface area contributed by atoms with Crippen LogP contribution in [0.25, 0.3) is 0 Å². The lowest BCUT2D eigenvalue weighted by Gasteiger charge is -2.26. The molecule has 2 heterocycles. The second-order valence-corrected chi connectivity index (χ2v) is 7.05. The molecule has 1 saturated heterocycles. The van der Waals surface area contributed by atoms with Crippen LogP contribution in [-0.2, 0) is 20.8 Å². The Kier molecular flexibility index (Phi) is 6.89. The van der Waals surface area contributed by atoms with Gasteiger partial charge in [0.1, 0.15) is 11.6 Å². The fourth-order valence-electron chi connectivity index (χ4n) is 3.27. The van der Waals surface area contributed by atoms with Gasteiger partial charge in [-0.25, -0.2) is 4.39 Å². The van der Waals surface area contributed by atoms with Gasteiger partial charge in [0.05, 0.1) is 39.2 Å². The summed E-state index contributed by atoms with van der Waals surface area (Å²) in [6, 6.07) is 5.24. The quantitative estimate of drug-likeness (QED) is 0.711. The maximum Gasteiger partial charge on any atom is 0.306 e. The largest absolute Gasteiger partial charge is 0.502 e. The zero-order valence-electron chi connectivity index (χ0n) is 15.8. The SMILES string of the molecule is COC(=O)C[C@H](c1oc(CN2CCOCC2)cc(=O)c1O)c1c(F)cccc1Cl. The van der Waals surface area contributed by atoms with Crippen molar-refractivity contribution in [2.45, 2.75) is 18.9 Å². The molecule has 1 atom stereocenters. The first kappa shape index (κ1) is 21.3. The number of aromatic hydroxyl groups is 1. The van der Waals surface area contributed by atoms with E-state index >= 15 is 0 Å². The Morgan fingerprint density at radius 3 is 2.76 bits per heavy atom. The lowest BCUT2D eigenvalue weighted by atomic mass is 9.91. The molecule has 29 heavy (non-hydrogen) atoms. The number of methoxy groups -OCH3 is 1. The van der Waals surface area contributed by atoms with Crippen LogP contribution in [0.2, 0.25) is 5.02 Å². The average molecular weight is 426 g/mol. The topological polar surface area (TPSA) is 89.2 Å². The summed E-state index contributed by atoms with van der Waals surface area (Å²) in [5, 5.41) is 10.4. The van der Waals surface area contributed by atoms with Crippen molar-refractivity contribution in [3.63, 3.8) is 0 Å². The van der Waals surface area contributed by atoms with E-state index in [1.54, 1.807) is 0 Å². The van der Waals surface area contributed by atoms with Crippen LogP contribution in [0.1, 0.15) is 29.4 Å². The van der Waals surface area contributed by atoms with E-state index in [4.69, 9.17) is 25.5 Å².